The zero-order valence-corrected chi connectivity index (χ0v) is 22.4. The van der Waals surface area contributed by atoms with Crippen LogP contribution in [0.15, 0.2) is 36.4 Å². The summed E-state index contributed by atoms with van der Waals surface area (Å²) in [5.41, 5.74) is 4.06. The van der Waals surface area contributed by atoms with Crippen molar-refractivity contribution < 1.29 is 24.2 Å². The molecule has 0 saturated heterocycles. The van der Waals surface area contributed by atoms with E-state index in [0.717, 1.165) is 23.1 Å². The van der Waals surface area contributed by atoms with Crippen molar-refractivity contribution in [3.8, 4) is 6.07 Å². The normalized spacial score (nSPS) is 22.4. The summed E-state index contributed by atoms with van der Waals surface area (Å²) in [6, 6.07) is 13.0. The van der Waals surface area contributed by atoms with Gasteiger partial charge in [-0.3, -0.25) is 14.4 Å². The van der Waals surface area contributed by atoms with Crippen LogP contribution in [0.1, 0.15) is 72.6 Å². The van der Waals surface area contributed by atoms with Gasteiger partial charge in [-0.15, -0.1) is 0 Å². The second-order valence-corrected chi connectivity index (χ2v) is 11.1. The summed E-state index contributed by atoms with van der Waals surface area (Å²) >= 11 is 0. The maximum Gasteiger partial charge on any atom is 0.303 e. The molecule has 200 valence electrons. The molecule has 1 spiro atoms. The zero-order valence-electron chi connectivity index (χ0n) is 22.4. The van der Waals surface area contributed by atoms with E-state index in [-0.39, 0.29) is 40.9 Å². The molecule has 2 aliphatic rings. The van der Waals surface area contributed by atoms with E-state index in [1.807, 2.05) is 18.2 Å². The van der Waals surface area contributed by atoms with E-state index in [1.54, 1.807) is 25.3 Å². The molecule has 2 aromatic rings. The summed E-state index contributed by atoms with van der Waals surface area (Å²) < 4.78 is 5.03. The van der Waals surface area contributed by atoms with Crippen LogP contribution in [0.25, 0.3) is 0 Å². The number of anilines is 1. The van der Waals surface area contributed by atoms with Crippen LogP contribution in [-0.4, -0.2) is 43.2 Å². The number of nitrogens with zero attached hydrogens (tertiary/aromatic N) is 1. The molecule has 4 rings (SSSR count). The number of rotatable bonds is 10. The summed E-state index contributed by atoms with van der Waals surface area (Å²) in [6.45, 7) is 7.28. The molecule has 8 nitrogen and oxygen atoms in total. The Balaban J connectivity index is 1.60. The average Bonchev–Trinajstić information content (AvgIpc) is 3.38. The maximum absolute atomic E-state index is 13.7. The van der Waals surface area contributed by atoms with Crippen molar-refractivity contribution in [1.82, 2.24) is 5.32 Å². The standard InChI is InChI=1S/C30H35N3O5/c1-18-26(28(37)33-24-14-19(16-31)8-9-20(24)6-5-7-25(34)35)30(18)17-29(2,3)22-11-10-21(15-23(22)30)27(36)32-12-13-38-4/h8-11,14-15,18,26H,5-7,12-13,17H2,1-4H3,(H,32,36)(H,33,37)(H,34,35). The van der Waals surface area contributed by atoms with E-state index in [1.165, 1.54) is 0 Å². The SMILES string of the molecule is COCCNC(=O)c1ccc2c(c1)C1(CC2(C)C)C(C)C1C(=O)Nc1cc(C#N)ccc1CCCC(=O)O. The van der Waals surface area contributed by atoms with Crippen molar-refractivity contribution in [1.29, 1.82) is 5.26 Å². The van der Waals surface area contributed by atoms with Crippen molar-refractivity contribution in [3.05, 3.63) is 64.2 Å². The number of nitriles is 1. The van der Waals surface area contributed by atoms with E-state index in [2.05, 4.69) is 37.5 Å². The van der Waals surface area contributed by atoms with Gasteiger partial charge in [0.25, 0.3) is 5.91 Å². The molecule has 2 amide bonds. The maximum atomic E-state index is 13.7. The van der Waals surface area contributed by atoms with E-state index < -0.39 is 5.97 Å². The number of methoxy groups -OCH3 is 1. The van der Waals surface area contributed by atoms with Gasteiger partial charge in [0.05, 0.1) is 24.2 Å². The lowest BCUT2D eigenvalue weighted by Crippen LogP contribution is -2.27. The fraction of sp³-hybridized carbons (Fsp3) is 0.467. The van der Waals surface area contributed by atoms with Crippen LogP contribution >= 0.6 is 0 Å². The molecule has 3 N–H and O–H groups in total. The summed E-state index contributed by atoms with van der Waals surface area (Å²) in [7, 11) is 1.59. The first-order valence-corrected chi connectivity index (χ1v) is 13.0. The van der Waals surface area contributed by atoms with Gasteiger partial charge in [0.15, 0.2) is 0 Å². The van der Waals surface area contributed by atoms with E-state index in [0.29, 0.717) is 42.8 Å². The zero-order chi connectivity index (χ0) is 27.7. The van der Waals surface area contributed by atoms with Crippen molar-refractivity contribution in [3.63, 3.8) is 0 Å². The molecule has 1 saturated carbocycles. The Bertz CT molecular complexity index is 1310. The lowest BCUT2D eigenvalue weighted by molar-refractivity contribution is -0.137. The number of aliphatic carboxylic acids is 1. The predicted molar refractivity (Wildman–Crippen MR) is 143 cm³/mol. The number of aryl methyl sites for hydroxylation is 1. The second-order valence-electron chi connectivity index (χ2n) is 11.1. The van der Waals surface area contributed by atoms with Crippen molar-refractivity contribution in [2.45, 2.75) is 57.3 Å². The number of carboxylic acid groups (broad SMARTS) is 1. The first-order valence-electron chi connectivity index (χ1n) is 13.0. The summed E-state index contributed by atoms with van der Waals surface area (Å²) in [5, 5.41) is 24.3. The van der Waals surface area contributed by atoms with Crippen molar-refractivity contribution >= 4 is 23.5 Å². The molecule has 0 aliphatic heterocycles. The quantitative estimate of drug-likeness (QED) is 0.406. The summed E-state index contributed by atoms with van der Waals surface area (Å²) in [6.07, 6.45) is 1.75. The van der Waals surface area contributed by atoms with Crippen LogP contribution in [-0.2, 0) is 31.6 Å². The molecule has 0 radical (unpaired) electrons. The summed E-state index contributed by atoms with van der Waals surface area (Å²) in [5.74, 6) is -1.37. The van der Waals surface area contributed by atoms with Crippen LogP contribution in [0.4, 0.5) is 5.69 Å². The van der Waals surface area contributed by atoms with Crippen LogP contribution < -0.4 is 10.6 Å². The molecular formula is C30H35N3O5. The number of benzene rings is 2. The fourth-order valence-electron chi connectivity index (χ4n) is 6.35. The minimum absolute atomic E-state index is 0.0312. The lowest BCUT2D eigenvalue weighted by Gasteiger charge is -2.19. The minimum atomic E-state index is -0.868. The number of nitrogens with one attached hydrogen (secondary N) is 2. The third kappa shape index (κ3) is 5.03. The largest absolute Gasteiger partial charge is 0.481 e. The fourth-order valence-corrected chi connectivity index (χ4v) is 6.35. The third-order valence-electron chi connectivity index (χ3n) is 8.21. The van der Waals surface area contributed by atoms with Crippen LogP contribution in [0.2, 0.25) is 0 Å². The lowest BCUT2D eigenvalue weighted by atomic mass is 9.85. The van der Waals surface area contributed by atoms with Crippen LogP contribution in [0.3, 0.4) is 0 Å². The Morgan fingerprint density at radius 2 is 1.92 bits per heavy atom. The molecule has 0 aromatic heterocycles. The van der Waals surface area contributed by atoms with Gasteiger partial charge in [0.2, 0.25) is 5.91 Å². The molecule has 3 atom stereocenters. The Morgan fingerprint density at radius 1 is 1.16 bits per heavy atom. The first kappa shape index (κ1) is 27.3. The molecule has 8 heteroatoms. The monoisotopic (exact) mass is 517 g/mol. The topological polar surface area (TPSA) is 129 Å². The van der Waals surface area contributed by atoms with E-state index in [9.17, 15) is 19.6 Å². The van der Waals surface area contributed by atoms with Gasteiger partial charge in [-0.05, 0) is 71.6 Å². The van der Waals surface area contributed by atoms with Gasteiger partial charge in [0.1, 0.15) is 0 Å². The van der Waals surface area contributed by atoms with Gasteiger partial charge < -0.3 is 20.5 Å². The number of carboxylic acids is 1. The second kappa shape index (κ2) is 10.6. The molecule has 2 aliphatic carbocycles. The van der Waals surface area contributed by atoms with Gasteiger partial charge in [-0.2, -0.15) is 5.26 Å². The van der Waals surface area contributed by atoms with Crippen LogP contribution in [0.5, 0.6) is 0 Å². The number of carbonyl (C=O) groups is 3. The number of ether oxygens (including phenoxy) is 1. The predicted octanol–water partition coefficient (Wildman–Crippen LogP) is 4.17. The van der Waals surface area contributed by atoms with Gasteiger partial charge >= 0.3 is 5.97 Å². The molecular weight excluding hydrogens is 482 g/mol. The third-order valence-corrected chi connectivity index (χ3v) is 8.21. The Hall–Kier alpha value is -3.70. The first-order chi connectivity index (χ1) is 18.0. The van der Waals surface area contributed by atoms with E-state index in [4.69, 9.17) is 9.84 Å². The number of fused-ring (bicyclic) bond motifs is 2. The Kier molecular flexibility index (Phi) is 7.61. The van der Waals surface area contributed by atoms with Gasteiger partial charge in [-0.25, -0.2) is 0 Å². The van der Waals surface area contributed by atoms with E-state index >= 15 is 0 Å². The van der Waals surface area contributed by atoms with Crippen molar-refractivity contribution in [2.75, 3.05) is 25.6 Å². The minimum Gasteiger partial charge on any atom is -0.481 e. The number of amides is 2. The smallest absolute Gasteiger partial charge is 0.303 e. The molecule has 38 heavy (non-hydrogen) atoms. The summed E-state index contributed by atoms with van der Waals surface area (Å²) in [4.78, 5) is 37.5. The van der Waals surface area contributed by atoms with Crippen molar-refractivity contribution in [2.24, 2.45) is 11.8 Å². The molecule has 1 fully saturated rings. The molecule has 0 bridgehead atoms. The Morgan fingerprint density at radius 3 is 2.61 bits per heavy atom. The average molecular weight is 518 g/mol. The number of hydrogen-bond donors (Lipinski definition) is 3. The number of carbonyl (C=O) groups excluding carboxylic acids is 2. The highest BCUT2D eigenvalue weighted by atomic mass is 16.5. The van der Waals surface area contributed by atoms with Gasteiger partial charge in [-0.1, -0.05) is 32.9 Å². The highest BCUT2D eigenvalue weighted by Gasteiger charge is 2.70. The Labute approximate surface area is 223 Å². The highest BCUT2D eigenvalue weighted by molar-refractivity contribution is 5.98. The van der Waals surface area contributed by atoms with Crippen LogP contribution in [0, 0.1) is 23.2 Å². The molecule has 2 aromatic carbocycles. The molecule has 0 heterocycles. The number of hydrogen-bond acceptors (Lipinski definition) is 5. The van der Waals surface area contributed by atoms with Gasteiger partial charge in [0, 0.05) is 36.7 Å². The molecule has 3 unspecified atom stereocenters. The highest BCUT2D eigenvalue weighted by Crippen LogP contribution is 2.70.